The molecule has 0 atom stereocenters. The highest BCUT2D eigenvalue weighted by atomic mass is 32.2. The summed E-state index contributed by atoms with van der Waals surface area (Å²) >= 11 is 0.940. The van der Waals surface area contributed by atoms with E-state index in [0.717, 1.165) is 17.3 Å². The van der Waals surface area contributed by atoms with Crippen LogP contribution < -0.4 is 0 Å². The molecule has 4 nitrogen and oxygen atoms in total. The van der Waals surface area contributed by atoms with Crippen LogP contribution in [0, 0.1) is 11.3 Å². The third kappa shape index (κ3) is 3.85. The molecule has 0 fully saturated rings. The lowest BCUT2D eigenvalue weighted by molar-refractivity contribution is -0.148. The fraction of sp³-hybridized carbons (Fsp3) is 0.188. The Morgan fingerprint density at radius 3 is 2.26 bits per heavy atom. The Labute approximate surface area is 152 Å². The van der Waals surface area contributed by atoms with Crippen molar-refractivity contribution in [2.75, 3.05) is 0 Å². The summed E-state index contributed by atoms with van der Waals surface area (Å²) in [5, 5.41) is 12.8. The van der Waals surface area contributed by atoms with Crippen molar-refractivity contribution in [2.24, 2.45) is 0 Å². The van der Waals surface area contributed by atoms with Gasteiger partial charge in [-0.1, -0.05) is 42.1 Å². The van der Waals surface area contributed by atoms with Crippen LogP contribution in [0.3, 0.4) is 0 Å². The molecule has 0 amide bonds. The van der Waals surface area contributed by atoms with Gasteiger partial charge in [-0.25, -0.2) is 9.50 Å². The van der Waals surface area contributed by atoms with Crippen molar-refractivity contribution in [3.05, 3.63) is 58.9 Å². The normalized spacial score (nSPS) is 12.3. The van der Waals surface area contributed by atoms with Crippen LogP contribution >= 0.6 is 11.8 Å². The van der Waals surface area contributed by atoms with Crippen LogP contribution in [0.1, 0.15) is 22.5 Å². The Kier molecular flexibility index (Phi) is 4.77. The van der Waals surface area contributed by atoms with Gasteiger partial charge in [0.25, 0.3) is 0 Å². The van der Waals surface area contributed by atoms with Crippen molar-refractivity contribution >= 4 is 17.4 Å². The van der Waals surface area contributed by atoms with Crippen molar-refractivity contribution in [2.45, 2.75) is 23.1 Å². The molecule has 2 aromatic heterocycles. The highest BCUT2D eigenvalue weighted by Crippen LogP contribution is 2.37. The molecule has 0 aliphatic rings. The lowest BCUT2D eigenvalue weighted by Gasteiger charge is -2.12. The average Bonchev–Trinajstić information content (AvgIpc) is 2.95. The first-order chi connectivity index (χ1) is 12.6. The van der Waals surface area contributed by atoms with Gasteiger partial charge >= 0.3 is 12.4 Å². The molecule has 3 rings (SSSR count). The number of halogens is 6. The second-order valence-electron chi connectivity index (χ2n) is 5.32. The van der Waals surface area contributed by atoms with Gasteiger partial charge < -0.3 is 0 Å². The first-order valence-electron chi connectivity index (χ1n) is 7.26. The predicted octanol–water partition coefficient (Wildman–Crippen LogP) is 4.93. The highest BCUT2D eigenvalue weighted by Gasteiger charge is 2.41. The zero-order valence-corrected chi connectivity index (χ0v) is 14.0. The van der Waals surface area contributed by atoms with Gasteiger partial charge in [-0.3, -0.25) is 0 Å². The van der Waals surface area contributed by atoms with E-state index in [1.54, 1.807) is 36.4 Å². The van der Waals surface area contributed by atoms with E-state index >= 15 is 0 Å². The lowest BCUT2D eigenvalue weighted by atomic mass is 10.2. The molecule has 27 heavy (non-hydrogen) atoms. The topological polar surface area (TPSA) is 54.0 Å². The molecule has 0 aliphatic heterocycles. The molecule has 0 saturated heterocycles. The Morgan fingerprint density at radius 1 is 1.04 bits per heavy atom. The fourth-order valence-electron chi connectivity index (χ4n) is 2.27. The summed E-state index contributed by atoms with van der Waals surface area (Å²) in [4.78, 5) is 3.21. The number of hydrogen-bond acceptors (Lipinski definition) is 4. The minimum Gasteiger partial charge on any atom is -0.223 e. The maximum atomic E-state index is 13.2. The van der Waals surface area contributed by atoms with Crippen molar-refractivity contribution in [1.82, 2.24) is 14.6 Å². The predicted molar refractivity (Wildman–Crippen MR) is 83.7 cm³/mol. The number of nitriles is 1. The summed E-state index contributed by atoms with van der Waals surface area (Å²) in [6.07, 6.45) is -10.2. The maximum absolute atomic E-state index is 13.2. The molecule has 3 aromatic rings. The van der Waals surface area contributed by atoms with Crippen LogP contribution in [0.2, 0.25) is 0 Å². The van der Waals surface area contributed by atoms with Gasteiger partial charge in [0, 0.05) is 5.75 Å². The molecule has 1 aromatic carbocycles. The summed E-state index contributed by atoms with van der Waals surface area (Å²) in [7, 11) is 0. The van der Waals surface area contributed by atoms with Gasteiger partial charge in [-0.15, -0.1) is 0 Å². The van der Waals surface area contributed by atoms with E-state index in [4.69, 9.17) is 0 Å². The molecule has 0 N–H and O–H groups in total. The van der Waals surface area contributed by atoms with Gasteiger partial charge in [0.1, 0.15) is 22.4 Å². The lowest BCUT2D eigenvalue weighted by Crippen LogP contribution is -2.18. The van der Waals surface area contributed by atoms with Gasteiger partial charge in [-0.05, 0) is 11.6 Å². The Morgan fingerprint density at radius 2 is 1.70 bits per heavy atom. The van der Waals surface area contributed by atoms with E-state index in [0.29, 0.717) is 0 Å². The number of thioether (sulfide) groups is 1. The standard InChI is InChI=1S/C16H8F6N4S/c17-15(18,19)11-6-12(16(20,21)22)26-13(24-11)10(7-23)14(25-26)27-8-9-4-2-1-3-5-9/h1-6H,8H2. The minimum absolute atomic E-state index is 0.118. The number of alkyl halides is 6. The van der Waals surface area contributed by atoms with E-state index in [9.17, 15) is 31.6 Å². The molecular weight excluding hydrogens is 394 g/mol. The van der Waals surface area contributed by atoms with Gasteiger partial charge in [0.2, 0.25) is 0 Å². The summed E-state index contributed by atoms with van der Waals surface area (Å²) < 4.78 is 78.8. The second-order valence-corrected chi connectivity index (χ2v) is 6.29. The molecule has 11 heteroatoms. The minimum atomic E-state index is -5.11. The maximum Gasteiger partial charge on any atom is 0.433 e. The Balaban J connectivity index is 2.15. The van der Waals surface area contributed by atoms with Crippen molar-refractivity contribution in [3.8, 4) is 6.07 Å². The second kappa shape index (κ2) is 6.77. The number of rotatable bonds is 3. The summed E-state index contributed by atoms with van der Waals surface area (Å²) in [6.45, 7) is 0. The zero-order chi connectivity index (χ0) is 19.8. The van der Waals surface area contributed by atoms with Crippen LogP contribution in [-0.2, 0) is 18.1 Å². The first-order valence-corrected chi connectivity index (χ1v) is 8.25. The Bertz CT molecular complexity index is 1020. The van der Waals surface area contributed by atoms with Crippen LogP contribution in [-0.4, -0.2) is 14.6 Å². The first kappa shape index (κ1) is 19.0. The van der Waals surface area contributed by atoms with Gasteiger partial charge in [0.05, 0.1) is 0 Å². The average molecular weight is 402 g/mol. The number of fused-ring (bicyclic) bond motifs is 1. The summed E-state index contributed by atoms with van der Waals surface area (Å²) in [5.74, 6) is 0.271. The van der Waals surface area contributed by atoms with E-state index in [1.165, 1.54) is 0 Å². The third-order valence-electron chi connectivity index (χ3n) is 3.47. The van der Waals surface area contributed by atoms with Gasteiger partial charge in [-0.2, -0.15) is 36.7 Å². The molecule has 0 radical (unpaired) electrons. The van der Waals surface area contributed by atoms with Crippen LogP contribution in [0.25, 0.3) is 5.65 Å². The summed E-state index contributed by atoms with van der Waals surface area (Å²) in [6, 6.07) is 10.3. The van der Waals surface area contributed by atoms with Crippen LogP contribution in [0.15, 0.2) is 41.4 Å². The number of benzene rings is 1. The largest absolute Gasteiger partial charge is 0.433 e. The fourth-order valence-corrected chi connectivity index (χ4v) is 3.19. The van der Waals surface area contributed by atoms with Crippen molar-refractivity contribution < 1.29 is 26.3 Å². The number of hydrogen-bond donors (Lipinski definition) is 0. The highest BCUT2D eigenvalue weighted by molar-refractivity contribution is 7.98. The molecule has 0 spiro atoms. The monoisotopic (exact) mass is 402 g/mol. The molecule has 0 bridgehead atoms. The van der Waals surface area contributed by atoms with Crippen molar-refractivity contribution in [3.63, 3.8) is 0 Å². The molecule has 0 unspecified atom stereocenters. The molecule has 0 saturated carbocycles. The number of nitrogens with zero attached hydrogens (tertiary/aromatic N) is 4. The SMILES string of the molecule is N#Cc1c(SCc2ccccc2)nn2c(C(F)(F)F)cc(C(F)(F)F)nc12. The van der Waals surface area contributed by atoms with E-state index in [1.807, 2.05) is 0 Å². The zero-order valence-electron chi connectivity index (χ0n) is 13.1. The third-order valence-corrected chi connectivity index (χ3v) is 4.50. The molecule has 0 aliphatic carbocycles. The Hall–Kier alpha value is -2.74. The smallest absolute Gasteiger partial charge is 0.223 e. The van der Waals surface area contributed by atoms with Gasteiger partial charge in [0.15, 0.2) is 11.3 Å². The quantitative estimate of drug-likeness (QED) is 0.461. The molecular formula is C16H8F6N4S. The molecule has 140 valence electrons. The van der Waals surface area contributed by atoms with E-state index in [-0.39, 0.29) is 21.4 Å². The van der Waals surface area contributed by atoms with Crippen molar-refractivity contribution in [1.29, 1.82) is 5.26 Å². The van der Waals surface area contributed by atoms with Crippen LogP contribution in [0.5, 0.6) is 0 Å². The van der Waals surface area contributed by atoms with E-state index in [2.05, 4.69) is 10.1 Å². The van der Waals surface area contributed by atoms with E-state index < -0.39 is 35.0 Å². The molecule has 2 heterocycles. The number of aromatic nitrogens is 3. The van der Waals surface area contributed by atoms with Crippen LogP contribution in [0.4, 0.5) is 26.3 Å². The summed E-state index contributed by atoms with van der Waals surface area (Å²) in [5.41, 5.74) is -3.80.